The van der Waals surface area contributed by atoms with Crippen LogP contribution < -0.4 is 4.74 Å². The average Bonchev–Trinajstić information content (AvgIpc) is 2.86. The van der Waals surface area contributed by atoms with Gasteiger partial charge in [0, 0.05) is 0 Å². The van der Waals surface area contributed by atoms with Crippen molar-refractivity contribution < 1.29 is 4.74 Å². The van der Waals surface area contributed by atoms with Gasteiger partial charge in [0.1, 0.15) is 0 Å². The summed E-state index contributed by atoms with van der Waals surface area (Å²) in [6, 6.07) is 17.4. The van der Waals surface area contributed by atoms with Crippen molar-refractivity contribution in [3.8, 4) is 5.75 Å². The van der Waals surface area contributed by atoms with Crippen molar-refractivity contribution in [1.82, 2.24) is 0 Å². The molecule has 21 heavy (non-hydrogen) atoms. The Labute approximate surface area is 132 Å². The first-order valence-electron chi connectivity index (χ1n) is 7.44. The van der Waals surface area contributed by atoms with E-state index in [1.165, 1.54) is 23.8 Å². The number of fused-ring (bicyclic) bond motifs is 1. The number of hydrogen-bond acceptors (Lipinski definition) is 1. The molecule has 0 radical (unpaired) electrons. The Hall–Kier alpha value is -1.50. The van der Waals surface area contributed by atoms with Crippen LogP contribution in [0.25, 0.3) is 9.65 Å². The van der Waals surface area contributed by atoms with Crippen LogP contribution in [0.1, 0.15) is 28.9 Å². The van der Waals surface area contributed by atoms with Gasteiger partial charge in [-0.3, -0.25) is 0 Å². The first-order valence-corrected chi connectivity index (χ1v) is 9.15. The van der Waals surface area contributed by atoms with Crippen LogP contribution in [0, 0.1) is 0 Å². The Bertz CT molecular complexity index is 725. The van der Waals surface area contributed by atoms with Crippen LogP contribution in [0.3, 0.4) is 0 Å². The predicted octanol–water partition coefficient (Wildman–Crippen LogP) is 4.45. The minimum atomic E-state index is 0.522. The van der Waals surface area contributed by atoms with Gasteiger partial charge in [-0.2, -0.15) is 0 Å². The standard InChI is InChI=1S/C19H20OSe/c1-3-6-18-17(16-7-4-5-8-19(16)21-18)13-14-9-11-15(20-2)12-10-14/h4-5,7-12H,3,6,13H2,1-2H3. The summed E-state index contributed by atoms with van der Waals surface area (Å²) in [5.41, 5.74) is 2.93. The first kappa shape index (κ1) is 14.4. The molecule has 2 aromatic carbocycles. The zero-order valence-electron chi connectivity index (χ0n) is 12.6. The van der Waals surface area contributed by atoms with Crippen LogP contribution in [-0.4, -0.2) is 21.6 Å². The van der Waals surface area contributed by atoms with Crippen LogP contribution >= 0.6 is 0 Å². The Morgan fingerprint density at radius 1 is 1.00 bits per heavy atom. The predicted molar refractivity (Wildman–Crippen MR) is 90.7 cm³/mol. The summed E-state index contributed by atoms with van der Waals surface area (Å²) in [6.45, 7) is 2.27. The third kappa shape index (κ3) is 3.07. The number of ether oxygens (including phenoxy) is 1. The molecule has 108 valence electrons. The summed E-state index contributed by atoms with van der Waals surface area (Å²) in [5, 5.41) is 1.48. The molecule has 1 nitrogen and oxygen atoms in total. The molecule has 2 heteroatoms. The van der Waals surface area contributed by atoms with Gasteiger partial charge in [-0.25, -0.2) is 0 Å². The second-order valence-corrected chi connectivity index (χ2v) is 7.66. The Morgan fingerprint density at radius 2 is 1.76 bits per heavy atom. The van der Waals surface area contributed by atoms with Crippen molar-refractivity contribution in [1.29, 1.82) is 0 Å². The molecular weight excluding hydrogens is 323 g/mol. The van der Waals surface area contributed by atoms with Crippen molar-refractivity contribution >= 4 is 24.1 Å². The molecule has 0 aliphatic rings. The molecule has 0 N–H and O–H groups in total. The van der Waals surface area contributed by atoms with Gasteiger partial charge in [0.25, 0.3) is 0 Å². The van der Waals surface area contributed by atoms with E-state index in [0.29, 0.717) is 14.5 Å². The molecule has 1 aromatic heterocycles. The summed E-state index contributed by atoms with van der Waals surface area (Å²) < 4.78 is 8.48. The SMILES string of the molecule is CCCc1[se]c2ccccc2c1Cc1ccc(OC)cc1. The monoisotopic (exact) mass is 344 g/mol. The second kappa shape index (κ2) is 6.51. The summed E-state index contributed by atoms with van der Waals surface area (Å²) >= 11 is 0.522. The van der Waals surface area contributed by atoms with Crippen LogP contribution in [-0.2, 0) is 12.8 Å². The van der Waals surface area contributed by atoms with Gasteiger partial charge in [0.05, 0.1) is 0 Å². The maximum absolute atomic E-state index is 5.25. The summed E-state index contributed by atoms with van der Waals surface area (Å²) in [4.78, 5) is 0. The Kier molecular flexibility index (Phi) is 4.48. The fourth-order valence-electron chi connectivity index (χ4n) is 2.72. The quantitative estimate of drug-likeness (QED) is 0.622. The number of methoxy groups -OCH3 is 1. The van der Waals surface area contributed by atoms with Crippen LogP contribution in [0.4, 0.5) is 0 Å². The fraction of sp³-hybridized carbons (Fsp3) is 0.263. The third-order valence-electron chi connectivity index (χ3n) is 3.80. The summed E-state index contributed by atoms with van der Waals surface area (Å²) in [7, 11) is 1.71. The molecule has 0 bridgehead atoms. The van der Waals surface area contributed by atoms with E-state index in [1.54, 1.807) is 21.4 Å². The van der Waals surface area contributed by atoms with Gasteiger partial charge in [-0.1, -0.05) is 0 Å². The van der Waals surface area contributed by atoms with Crippen molar-refractivity contribution in [3.05, 3.63) is 64.1 Å². The molecule has 0 spiro atoms. The van der Waals surface area contributed by atoms with E-state index < -0.39 is 0 Å². The summed E-state index contributed by atoms with van der Waals surface area (Å²) in [5.74, 6) is 0.928. The molecular formula is C19H20OSe. The Morgan fingerprint density at radius 3 is 2.48 bits per heavy atom. The third-order valence-corrected chi connectivity index (χ3v) is 6.47. The van der Waals surface area contributed by atoms with Crippen LogP contribution in [0.5, 0.6) is 5.75 Å². The topological polar surface area (TPSA) is 9.23 Å². The molecule has 0 aliphatic carbocycles. The van der Waals surface area contributed by atoms with Gasteiger partial charge in [-0.05, 0) is 0 Å². The maximum atomic E-state index is 5.25. The fourth-order valence-corrected chi connectivity index (χ4v) is 5.50. The van der Waals surface area contributed by atoms with Crippen LogP contribution in [0.2, 0.25) is 0 Å². The van der Waals surface area contributed by atoms with Gasteiger partial charge in [0.2, 0.25) is 0 Å². The molecule has 0 amide bonds. The normalized spacial score (nSPS) is 11.0. The van der Waals surface area contributed by atoms with Gasteiger partial charge >= 0.3 is 132 Å². The molecule has 3 rings (SSSR count). The van der Waals surface area contributed by atoms with Gasteiger partial charge in [0.15, 0.2) is 0 Å². The zero-order valence-corrected chi connectivity index (χ0v) is 14.3. The van der Waals surface area contributed by atoms with E-state index in [2.05, 4.69) is 55.5 Å². The van der Waals surface area contributed by atoms with E-state index in [-0.39, 0.29) is 0 Å². The van der Waals surface area contributed by atoms with Crippen molar-refractivity contribution in [3.63, 3.8) is 0 Å². The molecule has 1 heterocycles. The molecule has 0 saturated carbocycles. The molecule has 0 atom stereocenters. The van der Waals surface area contributed by atoms with E-state index in [0.717, 1.165) is 12.2 Å². The van der Waals surface area contributed by atoms with E-state index in [4.69, 9.17) is 4.74 Å². The molecule has 0 fully saturated rings. The van der Waals surface area contributed by atoms with Crippen molar-refractivity contribution in [2.24, 2.45) is 0 Å². The van der Waals surface area contributed by atoms with Crippen molar-refractivity contribution in [2.45, 2.75) is 26.2 Å². The molecule has 0 saturated heterocycles. The number of benzene rings is 2. The number of rotatable bonds is 5. The van der Waals surface area contributed by atoms with Gasteiger partial charge < -0.3 is 0 Å². The van der Waals surface area contributed by atoms with Crippen molar-refractivity contribution in [2.75, 3.05) is 7.11 Å². The minimum absolute atomic E-state index is 0.522. The van der Waals surface area contributed by atoms with Crippen LogP contribution in [0.15, 0.2) is 48.5 Å². The number of hydrogen-bond donors (Lipinski definition) is 0. The molecule has 3 aromatic rings. The number of aryl methyl sites for hydroxylation is 1. The molecule has 0 aliphatic heterocycles. The second-order valence-electron chi connectivity index (χ2n) is 5.27. The first-order chi connectivity index (χ1) is 10.3. The zero-order chi connectivity index (χ0) is 14.7. The molecule has 0 unspecified atom stereocenters. The summed E-state index contributed by atoms with van der Waals surface area (Å²) in [6.07, 6.45) is 3.51. The van der Waals surface area contributed by atoms with Gasteiger partial charge in [-0.15, -0.1) is 0 Å². The van der Waals surface area contributed by atoms with E-state index in [1.807, 2.05) is 0 Å². The van der Waals surface area contributed by atoms with E-state index in [9.17, 15) is 0 Å². The average molecular weight is 343 g/mol. The Balaban J connectivity index is 1.99. The van der Waals surface area contributed by atoms with E-state index >= 15 is 0 Å².